The van der Waals surface area contributed by atoms with E-state index in [0.29, 0.717) is 5.69 Å². The fraction of sp³-hybridized carbons (Fsp3) is 0.500. The molecule has 17 heavy (non-hydrogen) atoms. The molecule has 1 aliphatic heterocycles. The van der Waals surface area contributed by atoms with E-state index in [-0.39, 0.29) is 6.04 Å². The summed E-state index contributed by atoms with van der Waals surface area (Å²) in [5, 5.41) is 3.16. The molecule has 1 heterocycles. The number of halogens is 3. The van der Waals surface area contributed by atoms with Gasteiger partial charge in [-0.05, 0) is 24.6 Å². The molecule has 1 aromatic carbocycles. The van der Waals surface area contributed by atoms with Gasteiger partial charge in [0.15, 0.2) is 0 Å². The van der Waals surface area contributed by atoms with Crippen molar-refractivity contribution >= 4 is 11.4 Å². The molecule has 1 unspecified atom stereocenters. The number of alkyl halides is 3. The SMILES string of the molecule is CCC1CNc2ccc(C(F)(F)F)cc2N1C. The average Bonchev–Trinajstić information content (AvgIpc) is 2.28. The molecule has 0 saturated heterocycles. The number of rotatable bonds is 1. The normalized spacial score (nSPS) is 19.8. The molecule has 5 heteroatoms. The molecular weight excluding hydrogens is 229 g/mol. The van der Waals surface area contributed by atoms with E-state index in [1.54, 1.807) is 0 Å². The molecule has 0 aromatic heterocycles. The van der Waals surface area contributed by atoms with Crippen LogP contribution in [0.3, 0.4) is 0 Å². The predicted octanol–water partition coefficient (Wildman–Crippen LogP) is 3.35. The molecule has 0 amide bonds. The lowest BCUT2D eigenvalue weighted by molar-refractivity contribution is -0.137. The van der Waals surface area contributed by atoms with Gasteiger partial charge in [-0.3, -0.25) is 0 Å². The Balaban J connectivity index is 2.40. The Kier molecular flexibility index (Phi) is 2.93. The van der Waals surface area contributed by atoms with Crippen molar-refractivity contribution in [2.24, 2.45) is 0 Å². The molecule has 2 nitrogen and oxygen atoms in total. The van der Waals surface area contributed by atoms with Gasteiger partial charge in [-0.1, -0.05) is 6.92 Å². The Hall–Kier alpha value is -1.39. The van der Waals surface area contributed by atoms with Crippen molar-refractivity contribution in [1.29, 1.82) is 0 Å². The van der Waals surface area contributed by atoms with Crippen LogP contribution in [-0.2, 0) is 6.18 Å². The monoisotopic (exact) mass is 244 g/mol. The van der Waals surface area contributed by atoms with Crippen LogP contribution in [0.1, 0.15) is 18.9 Å². The van der Waals surface area contributed by atoms with E-state index in [0.717, 1.165) is 24.7 Å². The van der Waals surface area contributed by atoms with Crippen LogP contribution in [0.2, 0.25) is 0 Å². The minimum atomic E-state index is -4.28. The third-order valence-electron chi connectivity index (χ3n) is 3.25. The molecular formula is C12H15F3N2. The van der Waals surface area contributed by atoms with Crippen LogP contribution in [0.4, 0.5) is 24.5 Å². The minimum Gasteiger partial charge on any atom is -0.381 e. The van der Waals surface area contributed by atoms with Crippen molar-refractivity contribution in [2.45, 2.75) is 25.6 Å². The zero-order chi connectivity index (χ0) is 12.6. The molecule has 0 spiro atoms. The van der Waals surface area contributed by atoms with Crippen molar-refractivity contribution in [3.05, 3.63) is 23.8 Å². The lowest BCUT2D eigenvalue weighted by atomic mass is 10.1. The van der Waals surface area contributed by atoms with E-state index in [1.807, 2.05) is 18.9 Å². The Morgan fingerprint density at radius 1 is 1.41 bits per heavy atom. The number of fused-ring (bicyclic) bond motifs is 1. The van der Waals surface area contributed by atoms with Crippen LogP contribution in [0, 0.1) is 0 Å². The number of hydrogen-bond donors (Lipinski definition) is 1. The zero-order valence-corrected chi connectivity index (χ0v) is 9.80. The van der Waals surface area contributed by atoms with E-state index < -0.39 is 11.7 Å². The summed E-state index contributed by atoms with van der Waals surface area (Å²) in [6.07, 6.45) is -3.38. The Morgan fingerprint density at radius 2 is 2.12 bits per heavy atom. The second kappa shape index (κ2) is 4.13. The Labute approximate surface area is 98.4 Å². The molecule has 1 N–H and O–H groups in total. The maximum absolute atomic E-state index is 12.6. The van der Waals surface area contributed by atoms with Gasteiger partial charge in [-0.15, -0.1) is 0 Å². The van der Waals surface area contributed by atoms with Crippen molar-refractivity contribution < 1.29 is 13.2 Å². The molecule has 1 aliphatic rings. The van der Waals surface area contributed by atoms with E-state index in [1.165, 1.54) is 12.1 Å². The maximum Gasteiger partial charge on any atom is 0.416 e. The van der Waals surface area contributed by atoms with Crippen molar-refractivity contribution in [2.75, 3.05) is 23.8 Å². The summed E-state index contributed by atoms with van der Waals surface area (Å²) in [4.78, 5) is 1.92. The average molecular weight is 244 g/mol. The standard InChI is InChI=1S/C12H15F3N2/c1-3-9-7-16-10-5-4-8(12(13,14)15)6-11(10)17(9)2/h4-6,9,16H,3,7H2,1-2H3. The van der Waals surface area contributed by atoms with Crippen molar-refractivity contribution in [1.82, 2.24) is 0 Å². The summed E-state index contributed by atoms with van der Waals surface area (Å²) >= 11 is 0. The number of nitrogens with one attached hydrogen (secondary N) is 1. The van der Waals surface area contributed by atoms with E-state index in [9.17, 15) is 13.2 Å². The second-order valence-corrected chi connectivity index (χ2v) is 4.28. The lowest BCUT2D eigenvalue weighted by Gasteiger charge is -2.36. The summed E-state index contributed by atoms with van der Waals surface area (Å²) in [5.41, 5.74) is 0.796. The van der Waals surface area contributed by atoms with Gasteiger partial charge >= 0.3 is 6.18 Å². The van der Waals surface area contributed by atoms with Crippen LogP contribution >= 0.6 is 0 Å². The van der Waals surface area contributed by atoms with E-state index >= 15 is 0 Å². The molecule has 0 saturated carbocycles. The molecule has 2 rings (SSSR count). The Morgan fingerprint density at radius 3 is 2.71 bits per heavy atom. The fourth-order valence-electron chi connectivity index (χ4n) is 2.13. The number of likely N-dealkylation sites (N-methyl/N-ethyl adjacent to an activating group) is 1. The van der Waals surface area contributed by atoms with Gasteiger partial charge < -0.3 is 10.2 Å². The highest BCUT2D eigenvalue weighted by molar-refractivity contribution is 5.73. The van der Waals surface area contributed by atoms with E-state index in [4.69, 9.17) is 0 Å². The summed E-state index contributed by atoms with van der Waals surface area (Å²) in [6, 6.07) is 4.07. The first-order valence-electron chi connectivity index (χ1n) is 5.61. The molecule has 1 atom stereocenters. The molecule has 0 bridgehead atoms. The molecule has 0 fully saturated rings. The Bertz CT molecular complexity index is 415. The van der Waals surface area contributed by atoms with Crippen LogP contribution in [0.15, 0.2) is 18.2 Å². The summed E-state index contributed by atoms with van der Waals surface area (Å²) < 4.78 is 37.9. The largest absolute Gasteiger partial charge is 0.416 e. The highest BCUT2D eigenvalue weighted by atomic mass is 19.4. The van der Waals surface area contributed by atoms with Gasteiger partial charge in [0.1, 0.15) is 0 Å². The number of benzene rings is 1. The summed E-state index contributed by atoms with van der Waals surface area (Å²) in [7, 11) is 1.84. The van der Waals surface area contributed by atoms with Crippen LogP contribution in [0.5, 0.6) is 0 Å². The lowest BCUT2D eigenvalue weighted by Crippen LogP contribution is -2.41. The molecule has 94 valence electrons. The maximum atomic E-state index is 12.6. The number of nitrogens with zero attached hydrogens (tertiary/aromatic N) is 1. The number of anilines is 2. The topological polar surface area (TPSA) is 15.3 Å². The van der Waals surface area contributed by atoms with Gasteiger partial charge in [0.05, 0.1) is 16.9 Å². The van der Waals surface area contributed by atoms with Crippen LogP contribution in [0.25, 0.3) is 0 Å². The first kappa shape index (κ1) is 12.1. The fourth-order valence-corrected chi connectivity index (χ4v) is 2.13. The van der Waals surface area contributed by atoms with Gasteiger partial charge in [-0.2, -0.15) is 13.2 Å². The third-order valence-corrected chi connectivity index (χ3v) is 3.25. The van der Waals surface area contributed by atoms with E-state index in [2.05, 4.69) is 5.32 Å². The first-order chi connectivity index (χ1) is 7.93. The van der Waals surface area contributed by atoms with Crippen molar-refractivity contribution in [3.8, 4) is 0 Å². The first-order valence-corrected chi connectivity index (χ1v) is 5.61. The summed E-state index contributed by atoms with van der Waals surface area (Å²) in [6.45, 7) is 2.80. The predicted molar refractivity (Wildman–Crippen MR) is 62.4 cm³/mol. The second-order valence-electron chi connectivity index (χ2n) is 4.28. The molecule has 0 aliphatic carbocycles. The van der Waals surface area contributed by atoms with Crippen LogP contribution in [-0.4, -0.2) is 19.6 Å². The smallest absolute Gasteiger partial charge is 0.381 e. The highest BCUT2D eigenvalue weighted by Crippen LogP contribution is 2.37. The third kappa shape index (κ3) is 2.18. The van der Waals surface area contributed by atoms with Gasteiger partial charge in [0.25, 0.3) is 0 Å². The minimum absolute atomic E-state index is 0.242. The molecule has 1 aromatic rings. The van der Waals surface area contributed by atoms with Gasteiger partial charge in [0, 0.05) is 19.6 Å². The quantitative estimate of drug-likeness (QED) is 0.815. The molecule has 0 radical (unpaired) electrons. The highest BCUT2D eigenvalue weighted by Gasteiger charge is 2.32. The van der Waals surface area contributed by atoms with Gasteiger partial charge in [0.2, 0.25) is 0 Å². The van der Waals surface area contributed by atoms with Gasteiger partial charge in [-0.25, -0.2) is 0 Å². The number of hydrogen-bond acceptors (Lipinski definition) is 2. The van der Waals surface area contributed by atoms with Crippen molar-refractivity contribution in [3.63, 3.8) is 0 Å². The summed E-state index contributed by atoms with van der Waals surface area (Å²) in [5.74, 6) is 0. The zero-order valence-electron chi connectivity index (χ0n) is 9.80. The van der Waals surface area contributed by atoms with Crippen LogP contribution < -0.4 is 10.2 Å².